The molecule has 1 N–H and O–H groups in total. The molecule has 1 aliphatic heterocycles. The van der Waals surface area contributed by atoms with Gasteiger partial charge in [0, 0.05) is 20.6 Å². The molecule has 0 radical (unpaired) electrons. The highest BCUT2D eigenvalue weighted by Crippen LogP contribution is 2.24. The molecule has 1 aliphatic rings. The van der Waals surface area contributed by atoms with Gasteiger partial charge in [-0.15, -0.1) is 0 Å². The third kappa shape index (κ3) is 3.68. The molecule has 0 bridgehead atoms. The quantitative estimate of drug-likeness (QED) is 0.634. The van der Waals surface area contributed by atoms with Gasteiger partial charge in [-0.05, 0) is 31.5 Å². The Morgan fingerprint density at radius 3 is 2.50 bits per heavy atom. The van der Waals surface area contributed by atoms with Gasteiger partial charge in [0.25, 0.3) is 5.56 Å². The number of carbonyl (C=O) groups excluding carboxylic acids is 1. The number of likely N-dealkylation sites (tertiary alicyclic amines) is 1. The summed E-state index contributed by atoms with van der Waals surface area (Å²) in [5, 5.41) is 3.01. The van der Waals surface area contributed by atoms with E-state index in [9.17, 15) is 14.4 Å². The monoisotopic (exact) mass is 410 g/mol. The van der Waals surface area contributed by atoms with E-state index in [0.29, 0.717) is 6.54 Å². The maximum Gasteiger partial charge on any atom is 0.332 e. The molecule has 1 fully saturated rings. The Hall–Kier alpha value is -3.20. The van der Waals surface area contributed by atoms with E-state index in [4.69, 9.17) is 0 Å². The van der Waals surface area contributed by atoms with Crippen molar-refractivity contribution >= 4 is 17.1 Å². The van der Waals surface area contributed by atoms with Crippen molar-refractivity contribution in [2.75, 3.05) is 19.6 Å². The zero-order valence-corrected chi connectivity index (χ0v) is 17.2. The van der Waals surface area contributed by atoms with E-state index in [1.807, 2.05) is 18.2 Å². The molecule has 1 aromatic carbocycles. The van der Waals surface area contributed by atoms with Gasteiger partial charge in [0.2, 0.25) is 5.91 Å². The van der Waals surface area contributed by atoms with Gasteiger partial charge >= 0.3 is 5.69 Å². The number of hydrogen-bond donors (Lipinski definition) is 1. The SMILES string of the molecule is Cn1c(=O)c2c(ncn2CC(=O)NCC(c2ccccc2)N2CCCC2)n(C)c1=O. The van der Waals surface area contributed by atoms with Gasteiger partial charge in [-0.2, -0.15) is 0 Å². The number of amides is 1. The van der Waals surface area contributed by atoms with E-state index in [0.717, 1.165) is 17.7 Å². The largest absolute Gasteiger partial charge is 0.353 e. The molecule has 3 aromatic rings. The third-order valence-electron chi connectivity index (χ3n) is 5.79. The lowest BCUT2D eigenvalue weighted by atomic mass is 10.1. The molecule has 1 atom stereocenters. The highest BCUT2D eigenvalue weighted by atomic mass is 16.2. The number of carbonyl (C=O) groups is 1. The summed E-state index contributed by atoms with van der Waals surface area (Å²) >= 11 is 0. The smallest absolute Gasteiger partial charge is 0.332 e. The average Bonchev–Trinajstić information content (AvgIpc) is 3.42. The maximum atomic E-state index is 12.7. The van der Waals surface area contributed by atoms with Crippen LogP contribution >= 0.6 is 0 Å². The molecule has 9 nitrogen and oxygen atoms in total. The number of nitrogens with one attached hydrogen (secondary N) is 1. The summed E-state index contributed by atoms with van der Waals surface area (Å²) in [4.78, 5) is 43.9. The van der Waals surface area contributed by atoms with Crippen molar-refractivity contribution in [1.29, 1.82) is 0 Å². The molecular formula is C21H26N6O3. The number of imidazole rings is 1. The van der Waals surface area contributed by atoms with Crippen molar-refractivity contribution in [1.82, 2.24) is 28.9 Å². The van der Waals surface area contributed by atoms with Gasteiger partial charge < -0.3 is 9.88 Å². The Morgan fingerprint density at radius 1 is 1.10 bits per heavy atom. The van der Waals surface area contributed by atoms with E-state index in [2.05, 4.69) is 27.3 Å². The van der Waals surface area contributed by atoms with Crippen molar-refractivity contribution in [3.8, 4) is 0 Å². The van der Waals surface area contributed by atoms with Crippen LogP contribution in [0.3, 0.4) is 0 Å². The number of aromatic nitrogens is 4. The molecule has 3 heterocycles. The molecule has 0 spiro atoms. The minimum Gasteiger partial charge on any atom is -0.353 e. The minimum atomic E-state index is -0.461. The maximum absolute atomic E-state index is 12.7. The van der Waals surface area contributed by atoms with Crippen molar-refractivity contribution < 1.29 is 4.79 Å². The molecule has 9 heteroatoms. The van der Waals surface area contributed by atoms with Crippen LogP contribution in [0.25, 0.3) is 11.2 Å². The van der Waals surface area contributed by atoms with Crippen LogP contribution in [0.15, 0.2) is 46.2 Å². The molecule has 158 valence electrons. The fourth-order valence-corrected chi connectivity index (χ4v) is 4.12. The van der Waals surface area contributed by atoms with Crippen LogP contribution in [-0.4, -0.2) is 49.1 Å². The van der Waals surface area contributed by atoms with Crippen molar-refractivity contribution in [3.05, 3.63) is 63.1 Å². The first-order chi connectivity index (χ1) is 14.5. The lowest BCUT2D eigenvalue weighted by Gasteiger charge is -2.28. The van der Waals surface area contributed by atoms with E-state index in [1.54, 1.807) is 7.05 Å². The molecule has 1 amide bonds. The Morgan fingerprint density at radius 2 is 1.80 bits per heavy atom. The van der Waals surface area contributed by atoms with Crippen LogP contribution < -0.4 is 16.6 Å². The van der Waals surface area contributed by atoms with Gasteiger partial charge in [0.05, 0.1) is 12.4 Å². The number of benzene rings is 1. The number of fused-ring (bicyclic) bond motifs is 1. The second-order valence-corrected chi connectivity index (χ2v) is 7.72. The first kappa shape index (κ1) is 20.1. The highest BCUT2D eigenvalue weighted by molar-refractivity contribution is 5.78. The summed E-state index contributed by atoms with van der Waals surface area (Å²) in [7, 11) is 2.98. The van der Waals surface area contributed by atoms with Gasteiger partial charge in [0.15, 0.2) is 11.2 Å². The van der Waals surface area contributed by atoms with E-state index < -0.39 is 11.2 Å². The molecule has 0 saturated carbocycles. The minimum absolute atomic E-state index is 0.0363. The first-order valence-corrected chi connectivity index (χ1v) is 10.1. The Bertz CT molecular complexity index is 1170. The second-order valence-electron chi connectivity index (χ2n) is 7.72. The number of aryl methyl sites for hydroxylation is 1. The zero-order valence-electron chi connectivity index (χ0n) is 17.2. The Balaban J connectivity index is 1.52. The van der Waals surface area contributed by atoms with Gasteiger partial charge in [-0.25, -0.2) is 9.78 Å². The number of hydrogen-bond acceptors (Lipinski definition) is 5. The molecule has 4 rings (SSSR count). The van der Waals surface area contributed by atoms with Crippen LogP contribution in [-0.2, 0) is 25.4 Å². The van der Waals surface area contributed by atoms with Crippen molar-refractivity contribution in [3.63, 3.8) is 0 Å². The predicted molar refractivity (Wildman–Crippen MR) is 113 cm³/mol. The fourth-order valence-electron chi connectivity index (χ4n) is 4.12. The summed E-state index contributed by atoms with van der Waals surface area (Å²) < 4.78 is 3.83. The standard InChI is InChI=1S/C21H26N6O3/c1-24-19-18(20(29)25(2)21(24)30)27(14-23-19)13-17(28)22-12-16(26-10-6-7-11-26)15-8-4-3-5-9-15/h3-5,8-9,14,16H,6-7,10-13H2,1-2H3,(H,22,28). The highest BCUT2D eigenvalue weighted by Gasteiger charge is 2.24. The molecule has 2 aromatic heterocycles. The van der Waals surface area contributed by atoms with Crippen LogP contribution in [0.2, 0.25) is 0 Å². The lowest BCUT2D eigenvalue weighted by Crippen LogP contribution is -2.39. The van der Waals surface area contributed by atoms with Crippen LogP contribution in [0.1, 0.15) is 24.4 Å². The number of rotatable bonds is 6. The van der Waals surface area contributed by atoms with Gasteiger partial charge in [0.1, 0.15) is 6.54 Å². The lowest BCUT2D eigenvalue weighted by molar-refractivity contribution is -0.121. The topological polar surface area (TPSA) is 94.2 Å². The Labute approximate surface area is 173 Å². The fraction of sp³-hybridized carbons (Fsp3) is 0.429. The van der Waals surface area contributed by atoms with E-state index in [-0.39, 0.29) is 29.7 Å². The molecule has 1 saturated heterocycles. The Kier molecular flexibility index (Phi) is 5.54. The zero-order chi connectivity index (χ0) is 21.3. The third-order valence-corrected chi connectivity index (χ3v) is 5.79. The van der Waals surface area contributed by atoms with Crippen LogP contribution in [0.5, 0.6) is 0 Å². The molecule has 30 heavy (non-hydrogen) atoms. The second kappa shape index (κ2) is 8.27. The normalized spacial score (nSPS) is 15.5. The summed E-state index contributed by atoms with van der Waals surface area (Å²) in [6, 6.07) is 10.3. The number of nitrogens with zero attached hydrogens (tertiary/aromatic N) is 5. The first-order valence-electron chi connectivity index (χ1n) is 10.1. The van der Waals surface area contributed by atoms with Gasteiger partial charge in [-0.1, -0.05) is 30.3 Å². The van der Waals surface area contributed by atoms with Gasteiger partial charge in [-0.3, -0.25) is 23.6 Å². The van der Waals surface area contributed by atoms with E-state index >= 15 is 0 Å². The summed E-state index contributed by atoms with van der Waals surface area (Å²) in [6.07, 6.45) is 3.76. The molecule has 0 aliphatic carbocycles. The predicted octanol–water partition coefficient (Wildman–Crippen LogP) is 0.387. The molecule has 1 unspecified atom stereocenters. The van der Waals surface area contributed by atoms with Crippen molar-refractivity contribution in [2.24, 2.45) is 14.1 Å². The summed E-state index contributed by atoms with van der Waals surface area (Å²) in [5.41, 5.74) is 0.789. The van der Waals surface area contributed by atoms with Crippen molar-refractivity contribution in [2.45, 2.75) is 25.4 Å². The molecular weight excluding hydrogens is 384 g/mol. The van der Waals surface area contributed by atoms with Crippen LogP contribution in [0, 0.1) is 0 Å². The summed E-state index contributed by atoms with van der Waals surface area (Å²) in [6.45, 7) is 2.49. The van der Waals surface area contributed by atoms with E-state index in [1.165, 1.54) is 40.9 Å². The summed E-state index contributed by atoms with van der Waals surface area (Å²) in [5.74, 6) is -0.203. The van der Waals surface area contributed by atoms with Crippen LogP contribution in [0.4, 0.5) is 0 Å². The average molecular weight is 410 g/mol.